The molecule has 1 rings (SSSR count). The van der Waals surface area contributed by atoms with Crippen LogP contribution in [0.3, 0.4) is 0 Å². The first-order valence-electron chi connectivity index (χ1n) is 9.32. The zero-order valence-electron chi connectivity index (χ0n) is 17.1. The summed E-state index contributed by atoms with van der Waals surface area (Å²) >= 11 is 0. The van der Waals surface area contributed by atoms with Gasteiger partial charge in [0, 0.05) is 36.8 Å². The number of hydrogen-bond acceptors (Lipinski definition) is 6. The summed E-state index contributed by atoms with van der Waals surface area (Å²) in [5.74, 6) is 1.85. The first-order chi connectivity index (χ1) is 13.4. The van der Waals surface area contributed by atoms with E-state index >= 15 is 0 Å². The first-order valence-corrected chi connectivity index (χ1v) is 9.32. The van der Waals surface area contributed by atoms with Crippen LogP contribution in [0, 0.1) is 25.2 Å². The van der Waals surface area contributed by atoms with Crippen molar-refractivity contribution in [2.75, 3.05) is 7.11 Å². The van der Waals surface area contributed by atoms with Crippen LogP contribution < -0.4 is 4.74 Å². The maximum absolute atomic E-state index is 12.2. The van der Waals surface area contributed by atoms with Gasteiger partial charge in [-0.25, -0.2) is 0 Å². The number of rotatable bonds is 11. The van der Waals surface area contributed by atoms with Gasteiger partial charge in [0.05, 0.1) is 18.7 Å². The molecule has 0 aliphatic heterocycles. The molecule has 0 radical (unpaired) electrons. The fraction of sp³-hybridized carbons (Fsp3) is 0.500. The van der Waals surface area contributed by atoms with Gasteiger partial charge < -0.3 is 14.2 Å². The highest BCUT2D eigenvalue weighted by atomic mass is 16.5. The Hall–Kier alpha value is -2.65. The van der Waals surface area contributed by atoms with Crippen LogP contribution in [0.15, 0.2) is 18.3 Å². The van der Waals surface area contributed by atoms with Crippen molar-refractivity contribution in [3.63, 3.8) is 0 Å². The second kappa shape index (κ2) is 12.7. The lowest BCUT2D eigenvalue weighted by Crippen LogP contribution is -2.15. The van der Waals surface area contributed by atoms with Gasteiger partial charge in [0.25, 0.3) is 0 Å². The number of methoxy groups -OCH3 is 1. The normalized spacial score (nSPS) is 11.8. The Labute approximate surface area is 167 Å². The molecule has 0 bridgehead atoms. The van der Waals surface area contributed by atoms with Crippen molar-refractivity contribution in [1.82, 2.24) is 4.98 Å². The van der Waals surface area contributed by atoms with Crippen LogP contribution in [0.5, 0.6) is 5.75 Å². The number of carbonyl (C=O) groups is 2. The highest BCUT2D eigenvalue weighted by Crippen LogP contribution is 2.27. The molecule has 152 valence electrons. The zero-order valence-corrected chi connectivity index (χ0v) is 17.1. The van der Waals surface area contributed by atoms with E-state index in [0.29, 0.717) is 29.0 Å². The molecule has 0 N–H and O–H groups in total. The summed E-state index contributed by atoms with van der Waals surface area (Å²) < 4.78 is 16.1. The molecule has 0 amide bonds. The predicted octanol–water partition coefficient (Wildman–Crippen LogP) is 3.89. The average Bonchev–Trinajstić information content (AvgIpc) is 2.67. The number of carbonyl (C=O) groups excluding carboxylic acids is 2. The number of nitrogens with zero attached hydrogens (tertiary/aromatic N) is 1. The van der Waals surface area contributed by atoms with Crippen molar-refractivity contribution in [1.29, 1.82) is 0 Å². The quantitative estimate of drug-likeness (QED) is 0.248. The molecule has 6 heteroatoms. The van der Waals surface area contributed by atoms with E-state index in [4.69, 9.17) is 20.6 Å². The van der Waals surface area contributed by atoms with E-state index in [2.05, 4.69) is 10.9 Å². The summed E-state index contributed by atoms with van der Waals surface area (Å²) in [6, 6.07) is 0. The number of allylic oxidation sites excluding steroid dienone is 2. The molecule has 1 heterocycles. The molecule has 1 aromatic rings. The van der Waals surface area contributed by atoms with Gasteiger partial charge in [0.1, 0.15) is 6.61 Å². The summed E-state index contributed by atoms with van der Waals surface area (Å²) in [5.41, 5.74) is 1.82. The maximum atomic E-state index is 12.2. The highest BCUT2D eigenvalue weighted by Gasteiger charge is 2.19. The third kappa shape index (κ3) is 7.93. The summed E-state index contributed by atoms with van der Waals surface area (Å²) in [5, 5.41) is 0. The second-order valence-electron chi connectivity index (χ2n) is 6.48. The molecule has 0 spiro atoms. The van der Waals surface area contributed by atoms with Crippen molar-refractivity contribution in [2.24, 2.45) is 5.92 Å². The molecule has 1 aromatic heterocycles. The van der Waals surface area contributed by atoms with Crippen LogP contribution in [0.2, 0.25) is 0 Å². The molecule has 0 saturated carbocycles. The number of unbranched alkanes of at least 4 members (excludes halogenated alkanes) is 1. The van der Waals surface area contributed by atoms with Gasteiger partial charge in [-0.3, -0.25) is 14.6 Å². The van der Waals surface area contributed by atoms with Gasteiger partial charge in [0.15, 0.2) is 5.75 Å². The fourth-order valence-corrected chi connectivity index (χ4v) is 2.47. The number of aryl methyl sites for hydroxylation is 1. The SMILES string of the molecule is C#CC(C)CC(=O)OCc1c(COC)cnc(C)c1OC(=O)CCC/C=C\C. The fourth-order valence-electron chi connectivity index (χ4n) is 2.47. The van der Waals surface area contributed by atoms with Crippen LogP contribution in [0.4, 0.5) is 0 Å². The van der Waals surface area contributed by atoms with Crippen LogP contribution >= 0.6 is 0 Å². The van der Waals surface area contributed by atoms with Gasteiger partial charge >= 0.3 is 11.9 Å². The van der Waals surface area contributed by atoms with Crippen molar-refractivity contribution in [3.8, 4) is 18.1 Å². The van der Waals surface area contributed by atoms with Crippen molar-refractivity contribution < 1.29 is 23.8 Å². The van der Waals surface area contributed by atoms with Gasteiger partial charge in [-0.1, -0.05) is 19.1 Å². The maximum Gasteiger partial charge on any atom is 0.311 e. The molecule has 6 nitrogen and oxygen atoms in total. The number of ether oxygens (including phenoxy) is 3. The second-order valence-corrected chi connectivity index (χ2v) is 6.48. The van der Waals surface area contributed by atoms with Crippen molar-refractivity contribution >= 4 is 11.9 Å². The Kier molecular flexibility index (Phi) is 10.6. The standard InChI is InChI=1S/C22H29NO5/c1-6-8-9-10-11-20(24)28-22-17(4)23-13-18(14-26-5)19(22)15-27-21(25)12-16(3)7-2/h2,6,8,13,16H,9-12,14-15H2,1,3-5H3/b8-6-. The van der Waals surface area contributed by atoms with E-state index in [1.54, 1.807) is 27.2 Å². The highest BCUT2D eigenvalue weighted by molar-refractivity contribution is 5.73. The Morgan fingerprint density at radius 1 is 1.32 bits per heavy atom. The Morgan fingerprint density at radius 2 is 2.07 bits per heavy atom. The van der Waals surface area contributed by atoms with Crippen LogP contribution in [0.25, 0.3) is 0 Å². The van der Waals surface area contributed by atoms with Crippen LogP contribution in [0.1, 0.15) is 56.4 Å². The van der Waals surface area contributed by atoms with Crippen molar-refractivity contribution in [3.05, 3.63) is 35.2 Å². The van der Waals surface area contributed by atoms with E-state index < -0.39 is 5.97 Å². The number of esters is 2. The van der Waals surface area contributed by atoms with E-state index in [1.807, 2.05) is 19.1 Å². The topological polar surface area (TPSA) is 74.7 Å². The minimum Gasteiger partial charge on any atom is -0.461 e. The van der Waals surface area contributed by atoms with E-state index in [-0.39, 0.29) is 37.9 Å². The number of terminal acetylenes is 1. The van der Waals surface area contributed by atoms with E-state index in [9.17, 15) is 9.59 Å². The molecule has 0 aromatic carbocycles. The molecule has 0 aliphatic rings. The third-order valence-corrected chi connectivity index (χ3v) is 4.04. The molecule has 0 fully saturated rings. The Morgan fingerprint density at radius 3 is 2.71 bits per heavy atom. The smallest absolute Gasteiger partial charge is 0.311 e. The molecule has 1 atom stereocenters. The molecule has 0 saturated heterocycles. The molecular formula is C22H29NO5. The minimum atomic E-state index is -0.410. The average molecular weight is 387 g/mol. The zero-order chi connectivity index (χ0) is 20.9. The van der Waals surface area contributed by atoms with Crippen LogP contribution in [-0.2, 0) is 32.3 Å². The molecule has 28 heavy (non-hydrogen) atoms. The first kappa shape index (κ1) is 23.4. The van der Waals surface area contributed by atoms with Gasteiger partial charge in [-0.05, 0) is 26.7 Å². The summed E-state index contributed by atoms with van der Waals surface area (Å²) in [6.45, 7) is 5.67. The van der Waals surface area contributed by atoms with Gasteiger partial charge in [0.2, 0.25) is 0 Å². The number of pyridine rings is 1. The number of aromatic nitrogens is 1. The van der Waals surface area contributed by atoms with Gasteiger partial charge in [-0.2, -0.15) is 0 Å². The van der Waals surface area contributed by atoms with E-state index in [0.717, 1.165) is 6.42 Å². The van der Waals surface area contributed by atoms with Gasteiger partial charge in [-0.15, -0.1) is 12.3 Å². The largest absolute Gasteiger partial charge is 0.461 e. The van der Waals surface area contributed by atoms with E-state index in [1.165, 1.54) is 0 Å². The predicted molar refractivity (Wildman–Crippen MR) is 106 cm³/mol. The minimum absolute atomic E-state index is 0.0423. The third-order valence-electron chi connectivity index (χ3n) is 4.04. The Bertz CT molecular complexity index is 733. The van der Waals surface area contributed by atoms with Crippen molar-refractivity contribution in [2.45, 2.75) is 59.7 Å². The molecular weight excluding hydrogens is 358 g/mol. The molecule has 0 aliphatic carbocycles. The lowest BCUT2D eigenvalue weighted by Gasteiger charge is -2.16. The molecule has 1 unspecified atom stereocenters. The lowest BCUT2D eigenvalue weighted by molar-refractivity contribution is -0.145. The summed E-state index contributed by atoms with van der Waals surface area (Å²) in [6.07, 6.45) is 12.8. The van der Waals surface area contributed by atoms with Crippen LogP contribution in [-0.4, -0.2) is 24.0 Å². The summed E-state index contributed by atoms with van der Waals surface area (Å²) in [4.78, 5) is 28.5. The number of hydrogen-bond donors (Lipinski definition) is 0. The lowest BCUT2D eigenvalue weighted by atomic mass is 10.1. The monoisotopic (exact) mass is 387 g/mol. The Balaban J connectivity index is 2.94. The summed E-state index contributed by atoms with van der Waals surface area (Å²) in [7, 11) is 1.55.